The summed E-state index contributed by atoms with van der Waals surface area (Å²) >= 11 is 0. The normalized spacial score (nSPS) is 16.6. The smallest absolute Gasteiger partial charge is 0.300 e. The molecule has 1 aliphatic heterocycles. The van der Waals surface area contributed by atoms with Gasteiger partial charge in [0.2, 0.25) is 0 Å². The number of rotatable bonds is 8. The maximum Gasteiger partial charge on any atom is 0.300 e. The van der Waals surface area contributed by atoms with Crippen molar-refractivity contribution in [1.82, 2.24) is 0 Å². The van der Waals surface area contributed by atoms with Gasteiger partial charge in [0.25, 0.3) is 11.7 Å². The highest BCUT2D eigenvalue weighted by Gasteiger charge is 2.47. The van der Waals surface area contributed by atoms with Gasteiger partial charge >= 0.3 is 0 Å². The van der Waals surface area contributed by atoms with Crippen molar-refractivity contribution in [2.75, 3.05) is 32.8 Å². The summed E-state index contributed by atoms with van der Waals surface area (Å²) in [7, 11) is 4.47. The first-order chi connectivity index (χ1) is 17.8. The number of hydrogen-bond acceptors (Lipinski definition) is 7. The number of aliphatic hydroxyl groups is 1. The van der Waals surface area contributed by atoms with Gasteiger partial charge in [-0.1, -0.05) is 18.2 Å². The summed E-state index contributed by atoms with van der Waals surface area (Å²) < 4.78 is 21.9. The Bertz CT molecular complexity index is 1380. The summed E-state index contributed by atoms with van der Waals surface area (Å²) in [5.74, 6) is -0.211. The van der Waals surface area contributed by atoms with Crippen LogP contribution in [-0.4, -0.2) is 44.7 Å². The lowest BCUT2D eigenvalue weighted by Gasteiger charge is -2.26. The fourth-order valence-corrected chi connectivity index (χ4v) is 4.47. The molecule has 1 saturated heterocycles. The highest BCUT2D eigenvalue weighted by atomic mass is 16.5. The van der Waals surface area contributed by atoms with Gasteiger partial charge in [-0.3, -0.25) is 14.5 Å². The van der Waals surface area contributed by atoms with Gasteiger partial charge in [-0.05, 0) is 67.4 Å². The summed E-state index contributed by atoms with van der Waals surface area (Å²) in [5, 5.41) is 11.5. The Balaban J connectivity index is 2.00. The van der Waals surface area contributed by atoms with E-state index in [1.807, 2.05) is 32.0 Å². The van der Waals surface area contributed by atoms with Gasteiger partial charge in [0.1, 0.15) is 17.3 Å². The second-order valence-electron chi connectivity index (χ2n) is 8.42. The lowest BCUT2D eigenvalue weighted by atomic mass is 9.94. The Labute approximate surface area is 215 Å². The third-order valence-electron chi connectivity index (χ3n) is 6.19. The van der Waals surface area contributed by atoms with E-state index in [1.165, 1.54) is 26.2 Å². The molecule has 1 fully saturated rings. The molecule has 37 heavy (non-hydrogen) atoms. The van der Waals surface area contributed by atoms with Gasteiger partial charge in [0.05, 0.1) is 45.1 Å². The molecule has 0 radical (unpaired) electrons. The van der Waals surface area contributed by atoms with Crippen LogP contribution in [0.3, 0.4) is 0 Å². The molecule has 0 spiro atoms. The number of benzene rings is 3. The van der Waals surface area contributed by atoms with Crippen molar-refractivity contribution >= 4 is 23.1 Å². The minimum Gasteiger partial charge on any atom is -0.507 e. The first-order valence-corrected chi connectivity index (χ1v) is 11.7. The van der Waals surface area contributed by atoms with Crippen molar-refractivity contribution < 1.29 is 33.6 Å². The van der Waals surface area contributed by atoms with Crippen LogP contribution in [-0.2, 0) is 9.59 Å². The number of hydrogen-bond donors (Lipinski definition) is 1. The van der Waals surface area contributed by atoms with Gasteiger partial charge in [-0.25, -0.2) is 0 Å². The number of methoxy groups -OCH3 is 3. The molecule has 0 bridgehead atoms. The molecule has 3 aromatic rings. The van der Waals surface area contributed by atoms with Crippen molar-refractivity contribution in [3.63, 3.8) is 0 Å². The third-order valence-corrected chi connectivity index (χ3v) is 6.19. The number of anilines is 1. The lowest BCUT2D eigenvalue weighted by Crippen LogP contribution is -2.29. The van der Waals surface area contributed by atoms with Crippen LogP contribution in [0.15, 0.2) is 66.2 Å². The maximum atomic E-state index is 13.5. The standard InChI is InChI=1S/C29H29NO7/c1-6-37-23-12-10-18(15-24(23)36-5)26-25(27(31)21-16-20(34-3)11-13-22(21)35-4)28(32)29(33)30(26)19-9-7-8-17(2)14-19/h7-16,26,31H,6H2,1-5H3/b27-25+. The average molecular weight is 504 g/mol. The zero-order valence-electron chi connectivity index (χ0n) is 21.4. The van der Waals surface area contributed by atoms with Crippen LogP contribution < -0.4 is 23.8 Å². The second-order valence-corrected chi connectivity index (χ2v) is 8.42. The Morgan fingerprint density at radius 2 is 1.62 bits per heavy atom. The zero-order chi connectivity index (χ0) is 26.7. The molecular weight excluding hydrogens is 474 g/mol. The van der Waals surface area contributed by atoms with E-state index in [0.717, 1.165) is 5.56 Å². The SMILES string of the molecule is CCOc1ccc(C2/C(=C(\O)c3cc(OC)ccc3OC)C(=O)C(=O)N2c2cccc(C)c2)cc1OC. The number of amides is 1. The highest BCUT2D eigenvalue weighted by Crippen LogP contribution is 2.45. The Morgan fingerprint density at radius 3 is 2.27 bits per heavy atom. The number of carbonyl (C=O) groups excluding carboxylic acids is 2. The Kier molecular flexibility index (Phi) is 7.38. The summed E-state index contributed by atoms with van der Waals surface area (Å²) in [6.07, 6.45) is 0. The van der Waals surface area contributed by atoms with Gasteiger partial charge in [-0.15, -0.1) is 0 Å². The molecule has 4 rings (SSSR count). The van der Waals surface area contributed by atoms with E-state index < -0.39 is 17.7 Å². The van der Waals surface area contributed by atoms with Crippen molar-refractivity contribution in [3.05, 3.63) is 82.9 Å². The third kappa shape index (κ3) is 4.70. The molecule has 1 atom stereocenters. The molecule has 8 heteroatoms. The van der Waals surface area contributed by atoms with Crippen LogP contribution in [0.5, 0.6) is 23.0 Å². The van der Waals surface area contributed by atoms with E-state index in [-0.39, 0.29) is 16.9 Å². The molecule has 3 aromatic carbocycles. The summed E-state index contributed by atoms with van der Waals surface area (Å²) in [5.41, 5.74) is 2.15. The molecule has 1 aliphatic rings. The molecule has 192 valence electrons. The van der Waals surface area contributed by atoms with E-state index in [9.17, 15) is 14.7 Å². The molecular formula is C29H29NO7. The molecule has 1 amide bonds. The second kappa shape index (κ2) is 10.7. The number of nitrogens with zero attached hydrogens (tertiary/aromatic N) is 1. The van der Waals surface area contributed by atoms with Crippen LogP contribution in [0.4, 0.5) is 5.69 Å². The van der Waals surface area contributed by atoms with Crippen molar-refractivity contribution in [2.24, 2.45) is 0 Å². The monoisotopic (exact) mass is 503 g/mol. The van der Waals surface area contributed by atoms with E-state index in [2.05, 4.69) is 0 Å². The van der Waals surface area contributed by atoms with Crippen LogP contribution >= 0.6 is 0 Å². The summed E-state index contributed by atoms with van der Waals surface area (Å²) in [4.78, 5) is 28.4. The molecule has 8 nitrogen and oxygen atoms in total. The van der Waals surface area contributed by atoms with Gasteiger partial charge in [0.15, 0.2) is 11.5 Å². The number of ketones is 1. The molecule has 0 saturated carbocycles. The summed E-state index contributed by atoms with van der Waals surface area (Å²) in [6.45, 7) is 4.20. The van der Waals surface area contributed by atoms with Crippen LogP contribution in [0.1, 0.15) is 29.7 Å². The van der Waals surface area contributed by atoms with E-state index in [4.69, 9.17) is 18.9 Å². The Hall–Kier alpha value is -4.46. The first-order valence-electron chi connectivity index (χ1n) is 11.7. The number of aryl methyl sites for hydroxylation is 1. The van der Waals surface area contributed by atoms with E-state index in [0.29, 0.717) is 40.9 Å². The minimum absolute atomic E-state index is 0.0794. The average Bonchev–Trinajstić information content (AvgIpc) is 3.18. The van der Waals surface area contributed by atoms with Gasteiger partial charge < -0.3 is 24.1 Å². The molecule has 1 unspecified atom stereocenters. The molecule has 0 aliphatic carbocycles. The van der Waals surface area contributed by atoms with Crippen LogP contribution in [0, 0.1) is 6.92 Å². The van der Waals surface area contributed by atoms with Crippen molar-refractivity contribution in [2.45, 2.75) is 19.9 Å². The van der Waals surface area contributed by atoms with Gasteiger partial charge in [-0.2, -0.15) is 0 Å². The quantitative estimate of drug-likeness (QED) is 0.261. The van der Waals surface area contributed by atoms with Crippen molar-refractivity contribution in [1.29, 1.82) is 0 Å². The number of carbonyl (C=O) groups is 2. The number of Topliss-reactive ketones (excluding diaryl/α,β-unsaturated/α-hetero) is 1. The van der Waals surface area contributed by atoms with Crippen LogP contribution in [0.2, 0.25) is 0 Å². The number of ether oxygens (including phenoxy) is 4. The molecule has 1 N–H and O–H groups in total. The van der Waals surface area contributed by atoms with Crippen molar-refractivity contribution in [3.8, 4) is 23.0 Å². The highest BCUT2D eigenvalue weighted by molar-refractivity contribution is 6.51. The van der Waals surface area contributed by atoms with Gasteiger partial charge in [0, 0.05) is 5.69 Å². The molecule has 0 aromatic heterocycles. The zero-order valence-corrected chi connectivity index (χ0v) is 21.4. The Morgan fingerprint density at radius 1 is 0.892 bits per heavy atom. The largest absolute Gasteiger partial charge is 0.507 e. The van der Waals surface area contributed by atoms with Crippen LogP contribution in [0.25, 0.3) is 5.76 Å². The predicted molar refractivity (Wildman–Crippen MR) is 140 cm³/mol. The fourth-order valence-electron chi connectivity index (χ4n) is 4.47. The lowest BCUT2D eigenvalue weighted by molar-refractivity contribution is -0.132. The van der Waals surface area contributed by atoms with E-state index in [1.54, 1.807) is 42.5 Å². The predicted octanol–water partition coefficient (Wildman–Crippen LogP) is 5.05. The first kappa shape index (κ1) is 25.6. The topological polar surface area (TPSA) is 94.5 Å². The maximum absolute atomic E-state index is 13.5. The minimum atomic E-state index is -0.942. The molecule has 1 heterocycles. The fraction of sp³-hybridized carbons (Fsp3) is 0.241. The summed E-state index contributed by atoms with van der Waals surface area (Å²) in [6, 6.07) is 16.4. The van der Waals surface area contributed by atoms with E-state index >= 15 is 0 Å². The number of aliphatic hydroxyl groups excluding tert-OH is 1.